The molecule has 1 rings (SSSR count). The van der Waals surface area contributed by atoms with Crippen molar-refractivity contribution in [3.63, 3.8) is 0 Å². The van der Waals surface area contributed by atoms with Crippen LogP contribution in [0.15, 0.2) is 23.5 Å². The van der Waals surface area contributed by atoms with Crippen LogP contribution in [0.2, 0.25) is 0 Å². The first kappa shape index (κ1) is 22.2. The highest BCUT2D eigenvalue weighted by atomic mass is 127. The van der Waals surface area contributed by atoms with Crippen molar-refractivity contribution in [2.45, 2.75) is 66.0 Å². The Morgan fingerprint density at radius 3 is 2.61 bits per heavy atom. The van der Waals surface area contributed by atoms with Crippen LogP contribution in [0.25, 0.3) is 0 Å². The first-order valence-corrected chi connectivity index (χ1v) is 8.64. The fraction of sp³-hybridized carbons (Fsp3) is 0.765. The molecular weight excluding hydrogens is 401 g/mol. The second kappa shape index (κ2) is 13.6. The van der Waals surface area contributed by atoms with Crippen molar-refractivity contribution < 1.29 is 0 Å². The quantitative estimate of drug-likeness (QED) is 0.255. The van der Waals surface area contributed by atoms with Gasteiger partial charge in [-0.05, 0) is 38.7 Å². The van der Waals surface area contributed by atoms with Crippen LogP contribution in [0, 0.1) is 5.92 Å². The Hall–Kier alpha value is -0.790. The zero-order chi connectivity index (χ0) is 16.2. The molecule has 0 amide bonds. The van der Waals surface area contributed by atoms with E-state index in [9.17, 15) is 0 Å². The molecule has 0 radical (unpaired) electrons. The van der Waals surface area contributed by atoms with Gasteiger partial charge in [-0.1, -0.05) is 26.7 Å². The maximum atomic E-state index is 4.65. The molecule has 0 aliphatic rings. The standard InChI is InChI=1S/C17H33N5.HI/c1-5-18-17(21-16(4)10-6-9-15(2)3)19-11-7-13-22-14-8-12-20-22;/h8,12,14-16H,5-7,9-11,13H2,1-4H3,(H2,18,19,21);1H. The van der Waals surface area contributed by atoms with Crippen molar-refractivity contribution in [1.82, 2.24) is 20.4 Å². The van der Waals surface area contributed by atoms with Crippen molar-refractivity contribution in [3.8, 4) is 0 Å². The van der Waals surface area contributed by atoms with Crippen LogP contribution in [-0.2, 0) is 6.54 Å². The average molecular weight is 435 g/mol. The molecule has 1 aromatic heterocycles. The highest BCUT2D eigenvalue weighted by molar-refractivity contribution is 14.0. The number of aromatic nitrogens is 2. The van der Waals surface area contributed by atoms with Gasteiger partial charge in [0, 0.05) is 38.1 Å². The second-order valence-corrected chi connectivity index (χ2v) is 6.25. The lowest BCUT2D eigenvalue weighted by atomic mass is 10.0. The van der Waals surface area contributed by atoms with E-state index in [-0.39, 0.29) is 24.0 Å². The van der Waals surface area contributed by atoms with Gasteiger partial charge < -0.3 is 10.6 Å². The van der Waals surface area contributed by atoms with E-state index in [4.69, 9.17) is 0 Å². The highest BCUT2D eigenvalue weighted by Crippen LogP contribution is 2.08. The monoisotopic (exact) mass is 435 g/mol. The van der Waals surface area contributed by atoms with Gasteiger partial charge in [0.1, 0.15) is 0 Å². The molecule has 0 spiro atoms. The largest absolute Gasteiger partial charge is 0.357 e. The van der Waals surface area contributed by atoms with Crippen LogP contribution in [0.5, 0.6) is 0 Å². The third-order valence-corrected chi connectivity index (χ3v) is 3.52. The maximum Gasteiger partial charge on any atom is 0.191 e. The minimum absolute atomic E-state index is 0. The molecule has 0 saturated heterocycles. The first-order valence-electron chi connectivity index (χ1n) is 8.64. The number of guanidine groups is 1. The summed E-state index contributed by atoms with van der Waals surface area (Å²) in [5, 5.41) is 11.0. The maximum absolute atomic E-state index is 4.65. The SMILES string of the molecule is CCNC(=NCCCn1cccn1)NC(C)CCCC(C)C.I. The first-order chi connectivity index (χ1) is 10.6. The van der Waals surface area contributed by atoms with Gasteiger partial charge in [0.15, 0.2) is 5.96 Å². The van der Waals surface area contributed by atoms with Crippen molar-refractivity contribution in [2.24, 2.45) is 10.9 Å². The number of hydrogen-bond acceptors (Lipinski definition) is 2. The van der Waals surface area contributed by atoms with E-state index in [1.54, 1.807) is 0 Å². The van der Waals surface area contributed by atoms with Gasteiger partial charge in [-0.2, -0.15) is 5.10 Å². The Labute approximate surface area is 158 Å². The summed E-state index contributed by atoms with van der Waals surface area (Å²) in [5.74, 6) is 1.72. The molecule has 0 aromatic carbocycles. The van der Waals surface area contributed by atoms with Gasteiger partial charge in [-0.3, -0.25) is 9.67 Å². The molecule has 1 atom stereocenters. The molecule has 0 saturated carbocycles. The fourth-order valence-electron chi connectivity index (χ4n) is 2.31. The summed E-state index contributed by atoms with van der Waals surface area (Å²) in [4.78, 5) is 4.65. The Bertz CT molecular complexity index is 403. The molecule has 5 nitrogen and oxygen atoms in total. The van der Waals surface area contributed by atoms with Crippen LogP contribution >= 0.6 is 24.0 Å². The summed E-state index contributed by atoms with van der Waals surface area (Å²) in [7, 11) is 0. The number of halogens is 1. The van der Waals surface area contributed by atoms with E-state index in [0.717, 1.165) is 37.9 Å². The van der Waals surface area contributed by atoms with Crippen molar-refractivity contribution in [3.05, 3.63) is 18.5 Å². The Kier molecular flexibility index (Phi) is 13.2. The molecular formula is C17H34IN5. The number of hydrogen-bond donors (Lipinski definition) is 2. The van der Waals surface area contributed by atoms with Crippen LogP contribution in [-0.4, -0.2) is 34.9 Å². The third-order valence-electron chi connectivity index (χ3n) is 3.52. The molecule has 23 heavy (non-hydrogen) atoms. The molecule has 0 bridgehead atoms. The molecule has 0 aliphatic carbocycles. The van der Waals surface area contributed by atoms with E-state index < -0.39 is 0 Å². The van der Waals surface area contributed by atoms with Gasteiger partial charge in [0.05, 0.1) is 0 Å². The summed E-state index contributed by atoms with van der Waals surface area (Å²) in [5.41, 5.74) is 0. The molecule has 2 N–H and O–H groups in total. The molecule has 1 unspecified atom stereocenters. The fourth-order valence-corrected chi connectivity index (χ4v) is 2.31. The summed E-state index contributed by atoms with van der Waals surface area (Å²) in [6, 6.07) is 2.41. The number of aryl methyl sites for hydroxylation is 1. The summed E-state index contributed by atoms with van der Waals surface area (Å²) >= 11 is 0. The Morgan fingerprint density at radius 1 is 1.22 bits per heavy atom. The zero-order valence-electron chi connectivity index (χ0n) is 15.1. The lowest BCUT2D eigenvalue weighted by molar-refractivity contribution is 0.491. The smallest absolute Gasteiger partial charge is 0.191 e. The van der Waals surface area contributed by atoms with E-state index in [1.807, 2.05) is 23.1 Å². The Balaban J connectivity index is 0.00000484. The number of aliphatic imine (C=N–C) groups is 1. The van der Waals surface area contributed by atoms with Crippen molar-refractivity contribution in [1.29, 1.82) is 0 Å². The van der Waals surface area contributed by atoms with Crippen LogP contribution in [0.3, 0.4) is 0 Å². The highest BCUT2D eigenvalue weighted by Gasteiger charge is 2.05. The molecule has 1 heterocycles. The third kappa shape index (κ3) is 11.4. The number of rotatable bonds is 10. The van der Waals surface area contributed by atoms with E-state index in [2.05, 4.69) is 48.4 Å². The average Bonchev–Trinajstić information content (AvgIpc) is 2.96. The van der Waals surface area contributed by atoms with Gasteiger partial charge in [-0.25, -0.2) is 0 Å². The Morgan fingerprint density at radius 2 is 2.00 bits per heavy atom. The summed E-state index contributed by atoms with van der Waals surface area (Å²) in [6.07, 6.45) is 8.56. The van der Waals surface area contributed by atoms with E-state index in [1.165, 1.54) is 19.3 Å². The van der Waals surface area contributed by atoms with Crippen LogP contribution < -0.4 is 10.6 Å². The molecule has 6 heteroatoms. The van der Waals surface area contributed by atoms with Crippen molar-refractivity contribution >= 4 is 29.9 Å². The van der Waals surface area contributed by atoms with E-state index in [0.29, 0.717) is 6.04 Å². The number of nitrogens with one attached hydrogen (secondary N) is 2. The second-order valence-electron chi connectivity index (χ2n) is 6.25. The van der Waals surface area contributed by atoms with Gasteiger partial charge >= 0.3 is 0 Å². The topological polar surface area (TPSA) is 54.2 Å². The minimum Gasteiger partial charge on any atom is -0.357 e. The van der Waals surface area contributed by atoms with Crippen LogP contribution in [0.4, 0.5) is 0 Å². The predicted molar refractivity (Wildman–Crippen MR) is 110 cm³/mol. The van der Waals surface area contributed by atoms with Crippen LogP contribution in [0.1, 0.15) is 53.4 Å². The molecule has 0 aliphatic heterocycles. The van der Waals surface area contributed by atoms with Gasteiger partial charge in [0.2, 0.25) is 0 Å². The van der Waals surface area contributed by atoms with Gasteiger partial charge in [-0.15, -0.1) is 24.0 Å². The predicted octanol–water partition coefficient (Wildman–Crippen LogP) is 3.66. The normalized spacial score (nSPS) is 12.8. The lowest BCUT2D eigenvalue weighted by Crippen LogP contribution is -2.42. The molecule has 0 fully saturated rings. The summed E-state index contributed by atoms with van der Waals surface area (Å²) in [6.45, 7) is 11.5. The minimum atomic E-state index is 0. The van der Waals surface area contributed by atoms with Crippen molar-refractivity contribution in [2.75, 3.05) is 13.1 Å². The number of nitrogens with zero attached hydrogens (tertiary/aromatic N) is 3. The summed E-state index contributed by atoms with van der Waals surface area (Å²) < 4.78 is 1.95. The van der Waals surface area contributed by atoms with Gasteiger partial charge in [0.25, 0.3) is 0 Å². The molecule has 1 aromatic rings. The lowest BCUT2D eigenvalue weighted by Gasteiger charge is -2.18. The van der Waals surface area contributed by atoms with E-state index >= 15 is 0 Å². The zero-order valence-corrected chi connectivity index (χ0v) is 17.4. The molecule has 134 valence electrons.